The van der Waals surface area contributed by atoms with Gasteiger partial charge in [0.05, 0.1) is 20.3 Å². The van der Waals surface area contributed by atoms with Gasteiger partial charge in [-0.1, -0.05) is 30.3 Å². The van der Waals surface area contributed by atoms with Gasteiger partial charge in [-0.3, -0.25) is 4.79 Å². The number of fused-ring (bicyclic) bond motifs is 1. The van der Waals surface area contributed by atoms with Crippen LogP contribution in [-0.4, -0.2) is 49.8 Å². The number of rotatable bonds is 7. The Morgan fingerprint density at radius 2 is 1.73 bits per heavy atom. The number of methoxy groups -OCH3 is 2. The van der Waals surface area contributed by atoms with Gasteiger partial charge in [0.25, 0.3) is 0 Å². The van der Waals surface area contributed by atoms with Crippen LogP contribution in [0.5, 0.6) is 11.5 Å². The SMILES string of the molecule is COc1cc2c(cc1OC)C(c1ccccc1)N(C(=O)CCCNC(=O)OC(C)(C)C)CC2. The van der Waals surface area contributed by atoms with Gasteiger partial charge in [0.1, 0.15) is 5.60 Å². The van der Waals surface area contributed by atoms with E-state index in [0.29, 0.717) is 37.4 Å². The summed E-state index contributed by atoms with van der Waals surface area (Å²) in [7, 11) is 3.24. The fourth-order valence-corrected chi connectivity index (χ4v) is 4.10. The van der Waals surface area contributed by atoms with Crippen molar-refractivity contribution in [2.45, 2.75) is 51.7 Å². The van der Waals surface area contributed by atoms with Crippen molar-refractivity contribution in [3.63, 3.8) is 0 Å². The highest BCUT2D eigenvalue weighted by molar-refractivity contribution is 5.78. The summed E-state index contributed by atoms with van der Waals surface area (Å²) in [6, 6.07) is 13.8. The average Bonchev–Trinajstić information content (AvgIpc) is 2.79. The summed E-state index contributed by atoms with van der Waals surface area (Å²) < 4.78 is 16.3. The second kappa shape index (κ2) is 10.6. The molecule has 1 heterocycles. The molecule has 0 bridgehead atoms. The molecule has 0 saturated carbocycles. The van der Waals surface area contributed by atoms with Crippen molar-refractivity contribution in [1.29, 1.82) is 0 Å². The summed E-state index contributed by atoms with van der Waals surface area (Å²) in [6.07, 6.45) is 1.14. The summed E-state index contributed by atoms with van der Waals surface area (Å²) in [5, 5.41) is 2.72. The first kappa shape index (κ1) is 24.4. The summed E-state index contributed by atoms with van der Waals surface area (Å²) in [5.74, 6) is 1.39. The Morgan fingerprint density at radius 1 is 1.06 bits per heavy atom. The number of alkyl carbamates (subject to hydrolysis) is 1. The number of nitrogens with zero attached hydrogens (tertiary/aromatic N) is 1. The summed E-state index contributed by atoms with van der Waals surface area (Å²) in [6.45, 7) is 6.45. The number of carbonyl (C=O) groups is 2. The van der Waals surface area contributed by atoms with Gasteiger partial charge in [-0.05, 0) is 62.4 Å². The van der Waals surface area contributed by atoms with Crippen molar-refractivity contribution in [3.05, 3.63) is 59.2 Å². The average molecular weight is 455 g/mol. The predicted octanol–water partition coefficient (Wildman–Crippen LogP) is 4.48. The maximum Gasteiger partial charge on any atom is 0.407 e. The third-order valence-corrected chi connectivity index (χ3v) is 5.54. The van der Waals surface area contributed by atoms with E-state index in [1.54, 1.807) is 14.2 Å². The zero-order valence-electron chi connectivity index (χ0n) is 20.1. The van der Waals surface area contributed by atoms with E-state index in [0.717, 1.165) is 23.1 Å². The number of hydrogen-bond donors (Lipinski definition) is 1. The molecule has 33 heavy (non-hydrogen) atoms. The van der Waals surface area contributed by atoms with Crippen LogP contribution < -0.4 is 14.8 Å². The smallest absolute Gasteiger partial charge is 0.407 e. The van der Waals surface area contributed by atoms with Gasteiger partial charge in [-0.2, -0.15) is 0 Å². The zero-order chi connectivity index (χ0) is 24.0. The molecule has 2 aromatic rings. The van der Waals surface area contributed by atoms with Gasteiger partial charge in [0.15, 0.2) is 11.5 Å². The molecule has 1 N–H and O–H groups in total. The molecule has 0 fully saturated rings. The monoisotopic (exact) mass is 454 g/mol. The lowest BCUT2D eigenvalue weighted by Crippen LogP contribution is -2.41. The molecule has 1 aliphatic heterocycles. The number of ether oxygens (including phenoxy) is 3. The Morgan fingerprint density at radius 3 is 2.36 bits per heavy atom. The molecule has 0 saturated heterocycles. The van der Waals surface area contributed by atoms with Crippen LogP contribution in [0.2, 0.25) is 0 Å². The minimum Gasteiger partial charge on any atom is -0.493 e. The highest BCUT2D eigenvalue weighted by Gasteiger charge is 2.33. The first-order valence-electron chi connectivity index (χ1n) is 11.3. The highest BCUT2D eigenvalue weighted by atomic mass is 16.6. The molecule has 0 radical (unpaired) electrons. The van der Waals surface area contributed by atoms with Crippen molar-refractivity contribution in [2.75, 3.05) is 27.3 Å². The molecule has 0 spiro atoms. The molecule has 1 unspecified atom stereocenters. The summed E-state index contributed by atoms with van der Waals surface area (Å²) in [5.41, 5.74) is 2.70. The van der Waals surface area contributed by atoms with Crippen LogP contribution in [-0.2, 0) is 16.0 Å². The van der Waals surface area contributed by atoms with Gasteiger partial charge < -0.3 is 24.4 Å². The van der Waals surface area contributed by atoms with Gasteiger partial charge >= 0.3 is 6.09 Å². The second-order valence-electron chi connectivity index (χ2n) is 9.09. The van der Waals surface area contributed by atoms with Crippen molar-refractivity contribution >= 4 is 12.0 Å². The quantitative estimate of drug-likeness (QED) is 0.624. The van der Waals surface area contributed by atoms with Crippen LogP contribution in [0.1, 0.15) is 56.3 Å². The number of carbonyl (C=O) groups excluding carboxylic acids is 2. The molecule has 2 aromatic carbocycles. The third kappa shape index (κ3) is 6.18. The minimum atomic E-state index is -0.548. The summed E-state index contributed by atoms with van der Waals surface area (Å²) in [4.78, 5) is 27.0. The first-order valence-corrected chi connectivity index (χ1v) is 11.3. The Bertz CT molecular complexity index is 969. The molecule has 2 amide bonds. The number of benzene rings is 2. The topological polar surface area (TPSA) is 77.1 Å². The minimum absolute atomic E-state index is 0.0512. The molecular weight excluding hydrogens is 420 g/mol. The highest BCUT2D eigenvalue weighted by Crippen LogP contribution is 2.41. The lowest BCUT2D eigenvalue weighted by molar-refractivity contribution is -0.133. The maximum absolute atomic E-state index is 13.3. The van der Waals surface area contributed by atoms with E-state index >= 15 is 0 Å². The van der Waals surface area contributed by atoms with Crippen LogP contribution in [0, 0.1) is 0 Å². The Kier molecular flexibility index (Phi) is 7.84. The molecule has 1 atom stereocenters. The fraction of sp³-hybridized carbons (Fsp3) is 0.462. The van der Waals surface area contributed by atoms with E-state index < -0.39 is 11.7 Å². The van der Waals surface area contributed by atoms with Crippen LogP contribution in [0.25, 0.3) is 0 Å². The summed E-state index contributed by atoms with van der Waals surface area (Å²) >= 11 is 0. The molecule has 7 nitrogen and oxygen atoms in total. The fourth-order valence-electron chi connectivity index (χ4n) is 4.10. The first-order chi connectivity index (χ1) is 15.7. The predicted molar refractivity (Wildman–Crippen MR) is 127 cm³/mol. The molecule has 1 aliphatic rings. The van der Waals surface area contributed by atoms with Crippen LogP contribution in [0.3, 0.4) is 0 Å². The third-order valence-electron chi connectivity index (χ3n) is 5.54. The van der Waals surface area contributed by atoms with E-state index in [2.05, 4.69) is 5.32 Å². The molecule has 3 rings (SSSR count). The largest absolute Gasteiger partial charge is 0.493 e. The van der Waals surface area contributed by atoms with Crippen LogP contribution in [0.15, 0.2) is 42.5 Å². The van der Waals surface area contributed by atoms with Crippen molar-refractivity contribution in [3.8, 4) is 11.5 Å². The molecular formula is C26H34N2O5. The van der Waals surface area contributed by atoms with E-state index in [4.69, 9.17) is 14.2 Å². The van der Waals surface area contributed by atoms with Crippen molar-refractivity contribution in [2.24, 2.45) is 0 Å². The normalized spacial score (nSPS) is 15.4. The van der Waals surface area contributed by atoms with E-state index in [1.165, 1.54) is 0 Å². The van der Waals surface area contributed by atoms with Gasteiger partial charge in [0, 0.05) is 19.5 Å². The zero-order valence-corrected chi connectivity index (χ0v) is 20.1. The lowest BCUT2D eigenvalue weighted by atomic mass is 9.87. The van der Waals surface area contributed by atoms with Gasteiger partial charge in [0.2, 0.25) is 5.91 Å². The Hall–Kier alpha value is -3.22. The Labute approximate surface area is 196 Å². The number of hydrogen-bond acceptors (Lipinski definition) is 5. The van der Waals surface area contributed by atoms with Crippen LogP contribution in [0.4, 0.5) is 4.79 Å². The standard InChI is InChI=1S/C26H34N2O5/c1-26(2,3)33-25(30)27-14-9-12-23(29)28-15-13-19-16-21(31-4)22(32-5)17-20(19)24(28)18-10-7-6-8-11-18/h6-8,10-11,16-17,24H,9,12-15H2,1-5H3,(H,27,30). The van der Waals surface area contributed by atoms with Gasteiger partial charge in [-0.15, -0.1) is 0 Å². The molecule has 0 aliphatic carbocycles. The number of nitrogens with one attached hydrogen (secondary N) is 1. The second-order valence-corrected chi connectivity index (χ2v) is 9.09. The Balaban J connectivity index is 1.76. The van der Waals surface area contributed by atoms with Crippen molar-refractivity contribution < 1.29 is 23.8 Å². The van der Waals surface area contributed by atoms with Crippen molar-refractivity contribution in [1.82, 2.24) is 10.2 Å². The molecule has 0 aromatic heterocycles. The maximum atomic E-state index is 13.3. The lowest BCUT2D eigenvalue weighted by Gasteiger charge is -2.38. The van der Waals surface area contributed by atoms with Crippen LogP contribution >= 0.6 is 0 Å². The van der Waals surface area contributed by atoms with Gasteiger partial charge in [-0.25, -0.2) is 4.79 Å². The van der Waals surface area contributed by atoms with E-state index in [1.807, 2.05) is 68.1 Å². The number of amides is 2. The molecule has 178 valence electrons. The van der Waals surface area contributed by atoms with E-state index in [9.17, 15) is 9.59 Å². The van der Waals surface area contributed by atoms with E-state index in [-0.39, 0.29) is 11.9 Å². The molecule has 7 heteroatoms.